The molecule has 2 aromatic heterocycles. The third kappa shape index (κ3) is 2.98. The zero-order valence-corrected chi connectivity index (χ0v) is 12.9. The van der Waals surface area contributed by atoms with Crippen molar-refractivity contribution in [2.75, 3.05) is 5.32 Å². The van der Waals surface area contributed by atoms with E-state index in [1.807, 2.05) is 31.2 Å². The predicted octanol–water partition coefficient (Wildman–Crippen LogP) is 3.74. The molecule has 3 rings (SSSR count). The number of anilines is 1. The maximum atomic E-state index is 10.9. The van der Waals surface area contributed by atoms with Crippen molar-refractivity contribution in [2.24, 2.45) is 0 Å². The van der Waals surface area contributed by atoms with Crippen LogP contribution in [0.5, 0.6) is 0 Å². The zero-order valence-electron chi connectivity index (χ0n) is 12.9. The number of hydrogen-bond donors (Lipinski definition) is 2. The van der Waals surface area contributed by atoms with Crippen LogP contribution in [0.25, 0.3) is 11.0 Å². The second-order valence-corrected chi connectivity index (χ2v) is 5.36. The van der Waals surface area contributed by atoms with Crippen molar-refractivity contribution < 1.29 is 4.92 Å². The summed E-state index contributed by atoms with van der Waals surface area (Å²) in [5.74, 6) is 1.42. The number of pyridine rings is 1. The van der Waals surface area contributed by atoms with Crippen molar-refractivity contribution in [2.45, 2.75) is 26.3 Å². The third-order valence-electron chi connectivity index (χ3n) is 3.75. The van der Waals surface area contributed by atoms with Gasteiger partial charge in [0, 0.05) is 5.56 Å². The number of aromatic amines is 1. The van der Waals surface area contributed by atoms with E-state index in [0.29, 0.717) is 11.4 Å². The van der Waals surface area contributed by atoms with Gasteiger partial charge in [0.2, 0.25) is 0 Å². The van der Waals surface area contributed by atoms with Crippen LogP contribution in [0.15, 0.2) is 36.5 Å². The summed E-state index contributed by atoms with van der Waals surface area (Å²) in [6, 6.07) is 9.48. The highest BCUT2D eigenvalue weighted by molar-refractivity contribution is 5.74. The van der Waals surface area contributed by atoms with Gasteiger partial charge in [0.25, 0.3) is 5.69 Å². The van der Waals surface area contributed by atoms with E-state index in [1.54, 1.807) is 13.0 Å². The molecule has 0 aliphatic carbocycles. The van der Waals surface area contributed by atoms with Gasteiger partial charge in [-0.05, 0) is 31.5 Å². The SMILES string of the molecule is CCC(Nc1cc(C)c([N+](=O)[O-])cn1)c1nc2ccccc2[nH]1. The van der Waals surface area contributed by atoms with E-state index in [0.717, 1.165) is 23.3 Å². The van der Waals surface area contributed by atoms with E-state index in [2.05, 4.69) is 20.3 Å². The van der Waals surface area contributed by atoms with E-state index < -0.39 is 4.92 Å². The van der Waals surface area contributed by atoms with Crippen molar-refractivity contribution in [1.29, 1.82) is 0 Å². The van der Waals surface area contributed by atoms with Gasteiger partial charge in [-0.3, -0.25) is 10.1 Å². The lowest BCUT2D eigenvalue weighted by Crippen LogP contribution is -2.12. The number of para-hydroxylation sites is 2. The second-order valence-electron chi connectivity index (χ2n) is 5.36. The van der Waals surface area contributed by atoms with Gasteiger partial charge in [-0.25, -0.2) is 9.97 Å². The lowest BCUT2D eigenvalue weighted by atomic mass is 10.2. The molecule has 0 amide bonds. The van der Waals surface area contributed by atoms with E-state index in [9.17, 15) is 10.1 Å². The van der Waals surface area contributed by atoms with Crippen LogP contribution in [0.3, 0.4) is 0 Å². The molecule has 0 saturated heterocycles. The van der Waals surface area contributed by atoms with Crippen molar-refractivity contribution in [3.05, 3.63) is 58.0 Å². The number of nitrogens with one attached hydrogen (secondary N) is 2. The van der Waals surface area contributed by atoms with E-state index in [-0.39, 0.29) is 11.7 Å². The first-order chi connectivity index (χ1) is 11.1. The van der Waals surface area contributed by atoms with Gasteiger partial charge >= 0.3 is 0 Å². The normalized spacial score (nSPS) is 12.3. The first-order valence-electron chi connectivity index (χ1n) is 7.40. The molecular weight excluding hydrogens is 294 g/mol. The van der Waals surface area contributed by atoms with Crippen LogP contribution in [0, 0.1) is 17.0 Å². The second kappa shape index (κ2) is 6.04. The third-order valence-corrected chi connectivity index (χ3v) is 3.75. The Bertz CT molecular complexity index is 826. The molecule has 0 aliphatic heterocycles. The van der Waals surface area contributed by atoms with E-state index in [1.165, 1.54) is 6.20 Å². The largest absolute Gasteiger partial charge is 0.360 e. The lowest BCUT2D eigenvalue weighted by Gasteiger charge is -2.15. The Morgan fingerprint density at radius 1 is 1.39 bits per heavy atom. The smallest absolute Gasteiger partial charge is 0.290 e. The van der Waals surface area contributed by atoms with Crippen LogP contribution in [-0.4, -0.2) is 19.9 Å². The molecule has 3 aromatic rings. The maximum Gasteiger partial charge on any atom is 0.290 e. The van der Waals surface area contributed by atoms with Crippen molar-refractivity contribution >= 4 is 22.5 Å². The summed E-state index contributed by atoms with van der Waals surface area (Å²) in [4.78, 5) is 22.5. The number of aryl methyl sites for hydroxylation is 1. The summed E-state index contributed by atoms with van der Waals surface area (Å²) in [6.45, 7) is 3.75. The lowest BCUT2D eigenvalue weighted by molar-refractivity contribution is -0.385. The summed E-state index contributed by atoms with van der Waals surface area (Å²) in [5.41, 5.74) is 2.49. The Kier molecular flexibility index (Phi) is 3.92. The maximum absolute atomic E-state index is 10.9. The first-order valence-corrected chi connectivity index (χ1v) is 7.40. The fourth-order valence-corrected chi connectivity index (χ4v) is 2.50. The summed E-state index contributed by atoms with van der Waals surface area (Å²) >= 11 is 0. The number of aromatic nitrogens is 3. The topological polar surface area (TPSA) is 96.7 Å². The molecule has 0 radical (unpaired) electrons. The van der Waals surface area contributed by atoms with Crippen LogP contribution >= 0.6 is 0 Å². The zero-order chi connectivity index (χ0) is 16.4. The Balaban J connectivity index is 1.87. The molecule has 2 N–H and O–H groups in total. The average Bonchev–Trinajstić information content (AvgIpc) is 2.96. The van der Waals surface area contributed by atoms with Gasteiger partial charge in [0.05, 0.1) is 22.0 Å². The molecule has 0 saturated carbocycles. The molecule has 0 fully saturated rings. The Morgan fingerprint density at radius 2 is 2.17 bits per heavy atom. The van der Waals surface area contributed by atoms with Crippen molar-refractivity contribution in [1.82, 2.24) is 15.0 Å². The molecule has 1 unspecified atom stereocenters. The van der Waals surface area contributed by atoms with Crippen LogP contribution < -0.4 is 5.32 Å². The molecule has 7 nitrogen and oxygen atoms in total. The van der Waals surface area contributed by atoms with Crippen molar-refractivity contribution in [3.8, 4) is 0 Å². The van der Waals surface area contributed by atoms with E-state index >= 15 is 0 Å². The molecule has 0 bridgehead atoms. The van der Waals surface area contributed by atoms with Gasteiger partial charge in [-0.1, -0.05) is 19.1 Å². The van der Waals surface area contributed by atoms with Gasteiger partial charge < -0.3 is 10.3 Å². The molecular formula is C16H17N5O2. The Morgan fingerprint density at radius 3 is 2.83 bits per heavy atom. The molecule has 1 atom stereocenters. The highest BCUT2D eigenvalue weighted by Crippen LogP contribution is 2.24. The summed E-state index contributed by atoms with van der Waals surface area (Å²) in [5, 5.41) is 14.1. The number of rotatable bonds is 5. The minimum atomic E-state index is -0.428. The highest BCUT2D eigenvalue weighted by atomic mass is 16.6. The molecule has 23 heavy (non-hydrogen) atoms. The standard InChI is InChI=1S/C16H17N5O2/c1-3-11(16-19-12-6-4-5-7-13(12)20-16)18-15-8-10(2)14(9-17-15)21(22)23/h4-9,11H,3H2,1-2H3,(H,17,18)(H,19,20). The number of imidazole rings is 1. The van der Waals surface area contributed by atoms with Gasteiger partial charge in [-0.2, -0.15) is 0 Å². The van der Waals surface area contributed by atoms with Crippen molar-refractivity contribution in [3.63, 3.8) is 0 Å². The number of benzene rings is 1. The summed E-state index contributed by atoms with van der Waals surface area (Å²) in [7, 11) is 0. The molecule has 7 heteroatoms. The van der Waals surface area contributed by atoms with Gasteiger partial charge in [0.1, 0.15) is 17.8 Å². The molecule has 1 aromatic carbocycles. The molecule has 0 spiro atoms. The number of hydrogen-bond acceptors (Lipinski definition) is 5. The van der Waals surface area contributed by atoms with Gasteiger partial charge in [-0.15, -0.1) is 0 Å². The minimum Gasteiger partial charge on any atom is -0.360 e. The fraction of sp³-hybridized carbons (Fsp3) is 0.250. The quantitative estimate of drug-likeness (QED) is 0.552. The van der Waals surface area contributed by atoms with Gasteiger partial charge in [0.15, 0.2) is 0 Å². The molecule has 0 aliphatic rings. The Labute approximate surface area is 132 Å². The predicted molar refractivity (Wildman–Crippen MR) is 88.4 cm³/mol. The molecule has 118 valence electrons. The summed E-state index contributed by atoms with van der Waals surface area (Å²) < 4.78 is 0. The minimum absolute atomic E-state index is 0.0207. The number of fused-ring (bicyclic) bond motifs is 1. The van der Waals surface area contributed by atoms with Crippen LogP contribution in [-0.2, 0) is 0 Å². The van der Waals surface area contributed by atoms with E-state index in [4.69, 9.17) is 0 Å². The van der Waals surface area contributed by atoms with Crippen LogP contribution in [0.4, 0.5) is 11.5 Å². The molecule has 2 heterocycles. The Hall–Kier alpha value is -2.96. The highest BCUT2D eigenvalue weighted by Gasteiger charge is 2.16. The first kappa shape index (κ1) is 15.0. The number of nitrogens with zero attached hydrogens (tertiary/aromatic N) is 3. The monoisotopic (exact) mass is 311 g/mol. The van der Waals surface area contributed by atoms with Crippen LogP contribution in [0.1, 0.15) is 30.8 Å². The number of nitro groups is 1. The fourth-order valence-electron chi connectivity index (χ4n) is 2.50. The van der Waals surface area contributed by atoms with Crippen LogP contribution in [0.2, 0.25) is 0 Å². The average molecular weight is 311 g/mol. The summed E-state index contributed by atoms with van der Waals surface area (Å²) in [6.07, 6.45) is 2.08. The number of H-pyrrole nitrogens is 1.